The fourth-order valence-corrected chi connectivity index (χ4v) is 2.66. The highest BCUT2D eigenvalue weighted by Crippen LogP contribution is 2.32. The highest BCUT2D eigenvalue weighted by molar-refractivity contribution is 7.90. The Kier molecular flexibility index (Phi) is 4.45. The van der Waals surface area contributed by atoms with E-state index in [0.717, 1.165) is 18.4 Å². The van der Waals surface area contributed by atoms with Crippen LogP contribution in [0.5, 0.6) is 0 Å². The van der Waals surface area contributed by atoms with E-state index >= 15 is 0 Å². The number of sulfone groups is 1. The number of nitrogens with two attached hydrogens (primary N) is 1. The van der Waals surface area contributed by atoms with Crippen LogP contribution >= 0.6 is 0 Å². The number of nitrogens with one attached hydrogen (secondary N) is 1. The number of amides is 1. The average Bonchev–Trinajstić information content (AvgIpc) is 3.20. The predicted octanol–water partition coefficient (Wildman–Crippen LogP) is 0.834. The van der Waals surface area contributed by atoms with E-state index in [1.807, 2.05) is 0 Å². The Morgan fingerprint density at radius 2 is 1.95 bits per heavy atom. The number of hydrogen-bond donors (Lipinski definition) is 2. The van der Waals surface area contributed by atoms with Crippen molar-refractivity contribution in [2.24, 2.45) is 11.7 Å². The smallest absolute Gasteiger partial charge is 0.221 e. The molecule has 0 spiro atoms. The summed E-state index contributed by atoms with van der Waals surface area (Å²) in [6.45, 7) is 0.389. The zero-order valence-corrected chi connectivity index (χ0v) is 12.3. The standard InChI is InChI=1S/C14H20N2O3S/c1-20(18,19)12-6-2-10(3-7-12)9-16-14(17)8-13(15)11-4-5-11/h2-3,6-7,11,13H,4-5,8-9,15H2,1H3,(H,16,17). The van der Waals surface area contributed by atoms with E-state index < -0.39 is 9.84 Å². The third-order valence-corrected chi connectivity index (χ3v) is 4.62. The molecule has 3 N–H and O–H groups in total. The molecular weight excluding hydrogens is 276 g/mol. The Balaban J connectivity index is 1.83. The van der Waals surface area contributed by atoms with E-state index in [9.17, 15) is 13.2 Å². The minimum absolute atomic E-state index is 0.0392. The largest absolute Gasteiger partial charge is 0.352 e. The third-order valence-electron chi connectivity index (χ3n) is 3.49. The van der Waals surface area contributed by atoms with E-state index in [2.05, 4.69) is 5.32 Å². The Morgan fingerprint density at radius 1 is 1.35 bits per heavy atom. The Bertz CT molecular complexity index is 577. The molecule has 110 valence electrons. The molecular formula is C14H20N2O3S. The molecule has 1 unspecified atom stereocenters. The van der Waals surface area contributed by atoms with Gasteiger partial charge in [0.15, 0.2) is 9.84 Å². The lowest BCUT2D eigenvalue weighted by Crippen LogP contribution is -2.32. The van der Waals surface area contributed by atoms with Crippen LogP contribution < -0.4 is 11.1 Å². The molecule has 1 aromatic carbocycles. The van der Waals surface area contributed by atoms with Gasteiger partial charge in [0.1, 0.15) is 0 Å². The molecule has 20 heavy (non-hydrogen) atoms. The van der Waals surface area contributed by atoms with E-state index in [1.165, 1.54) is 6.26 Å². The molecule has 1 aliphatic rings. The SMILES string of the molecule is CS(=O)(=O)c1ccc(CNC(=O)CC(N)C2CC2)cc1. The lowest BCUT2D eigenvalue weighted by Gasteiger charge is -2.10. The van der Waals surface area contributed by atoms with Gasteiger partial charge in [-0.15, -0.1) is 0 Å². The summed E-state index contributed by atoms with van der Waals surface area (Å²) in [5, 5.41) is 2.80. The highest BCUT2D eigenvalue weighted by atomic mass is 32.2. The first-order chi connectivity index (χ1) is 9.36. The van der Waals surface area contributed by atoms with Gasteiger partial charge in [-0.3, -0.25) is 4.79 Å². The molecule has 1 atom stereocenters. The Labute approximate surface area is 119 Å². The maximum Gasteiger partial charge on any atom is 0.221 e. The minimum atomic E-state index is -3.17. The molecule has 1 fully saturated rings. The van der Waals surface area contributed by atoms with Crippen LogP contribution in [0.3, 0.4) is 0 Å². The molecule has 1 saturated carbocycles. The molecule has 0 aliphatic heterocycles. The zero-order chi connectivity index (χ0) is 14.8. The van der Waals surface area contributed by atoms with Crippen molar-refractivity contribution in [3.63, 3.8) is 0 Å². The summed E-state index contributed by atoms with van der Waals surface area (Å²) in [4.78, 5) is 12.0. The zero-order valence-electron chi connectivity index (χ0n) is 11.5. The fourth-order valence-electron chi connectivity index (χ4n) is 2.03. The topological polar surface area (TPSA) is 89.3 Å². The normalized spacial score (nSPS) is 16.7. The van der Waals surface area contributed by atoms with Crippen LogP contribution in [0.2, 0.25) is 0 Å². The van der Waals surface area contributed by atoms with Crippen LogP contribution in [-0.2, 0) is 21.2 Å². The van der Waals surface area contributed by atoms with Gasteiger partial charge >= 0.3 is 0 Å². The van der Waals surface area contributed by atoms with Crippen LogP contribution in [0.25, 0.3) is 0 Å². The molecule has 1 amide bonds. The first-order valence-electron chi connectivity index (χ1n) is 6.67. The monoisotopic (exact) mass is 296 g/mol. The quantitative estimate of drug-likeness (QED) is 0.814. The van der Waals surface area contributed by atoms with Gasteiger partial charge in [0.05, 0.1) is 4.90 Å². The summed E-state index contributed by atoms with van der Waals surface area (Å²) in [5.41, 5.74) is 6.76. The Morgan fingerprint density at radius 3 is 2.45 bits per heavy atom. The Hall–Kier alpha value is -1.40. The predicted molar refractivity (Wildman–Crippen MR) is 76.7 cm³/mol. The van der Waals surface area contributed by atoms with Crippen molar-refractivity contribution in [3.8, 4) is 0 Å². The number of carbonyl (C=O) groups excluding carboxylic acids is 1. The van der Waals surface area contributed by atoms with Gasteiger partial charge < -0.3 is 11.1 Å². The molecule has 0 bridgehead atoms. The second-order valence-electron chi connectivity index (χ2n) is 5.40. The van der Waals surface area contributed by atoms with Crippen molar-refractivity contribution in [1.29, 1.82) is 0 Å². The molecule has 2 rings (SSSR count). The van der Waals surface area contributed by atoms with Gasteiger partial charge in [-0.05, 0) is 36.5 Å². The lowest BCUT2D eigenvalue weighted by atomic mass is 10.1. The molecule has 0 saturated heterocycles. The summed E-state index contributed by atoms with van der Waals surface area (Å²) in [5.74, 6) is 0.450. The maximum atomic E-state index is 11.7. The second kappa shape index (κ2) is 5.93. The van der Waals surface area contributed by atoms with Gasteiger partial charge in [0.2, 0.25) is 5.91 Å². The van der Waals surface area contributed by atoms with Gasteiger partial charge in [-0.25, -0.2) is 8.42 Å². The summed E-state index contributed by atoms with van der Waals surface area (Å²) < 4.78 is 22.6. The number of benzene rings is 1. The van der Waals surface area contributed by atoms with Crippen LogP contribution in [-0.4, -0.2) is 26.6 Å². The second-order valence-corrected chi connectivity index (χ2v) is 7.41. The van der Waals surface area contributed by atoms with E-state index in [1.54, 1.807) is 24.3 Å². The first-order valence-corrected chi connectivity index (χ1v) is 8.56. The fraction of sp³-hybridized carbons (Fsp3) is 0.500. The van der Waals surface area contributed by atoms with Crippen molar-refractivity contribution in [1.82, 2.24) is 5.32 Å². The lowest BCUT2D eigenvalue weighted by molar-refractivity contribution is -0.121. The molecule has 1 aromatic rings. The highest BCUT2D eigenvalue weighted by Gasteiger charge is 2.29. The van der Waals surface area contributed by atoms with Crippen LogP contribution in [0.15, 0.2) is 29.2 Å². The van der Waals surface area contributed by atoms with Crippen LogP contribution in [0.1, 0.15) is 24.8 Å². The van der Waals surface area contributed by atoms with Gasteiger partial charge in [0, 0.05) is 25.3 Å². The summed E-state index contributed by atoms with van der Waals surface area (Å²) in [6.07, 6.45) is 3.78. The van der Waals surface area contributed by atoms with Crippen molar-refractivity contribution < 1.29 is 13.2 Å². The van der Waals surface area contributed by atoms with Gasteiger partial charge in [-0.2, -0.15) is 0 Å². The first kappa shape index (κ1) is 15.0. The van der Waals surface area contributed by atoms with Crippen LogP contribution in [0.4, 0.5) is 0 Å². The maximum absolute atomic E-state index is 11.7. The van der Waals surface area contributed by atoms with E-state index in [-0.39, 0.29) is 16.8 Å². The van der Waals surface area contributed by atoms with Crippen molar-refractivity contribution in [2.75, 3.05) is 6.26 Å². The minimum Gasteiger partial charge on any atom is -0.352 e. The third kappa shape index (κ3) is 4.31. The van der Waals surface area contributed by atoms with Crippen molar-refractivity contribution in [3.05, 3.63) is 29.8 Å². The number of rotatable bonds is 6. The number of hydrogen-bond acceptors (Lipinski definition) is 4. The molecule has 5 nitrogen and oxygen atoms in total. The summed E-state index contributed by atoms with van der Waals surface area (Å²) in [6, 6.07) is 6.47. The van der Waals surface area contributed by atoms with Gasteiger partial charge in [-0.1, -0.05) is 12.1 Å². The molecule has 0 heterocycles. The molecule has 1 aliphatic carbocycles. The molecule has 6 heteroatoms. The molecule has 0 aromatic heterocycles. The molecule has 0 radical (unpaired) electrons. The van der Waals surface area contributed by atoms with Crippen LogP contribution in [0, 0.1) is 5.92 Å². The average molecular weight is 296 g/mol. The van der Waals surface area contributed by atoms with Crippen molar-refractivity contribution >= 4 is 15.7 Å². The van der Waals surface area contributed by atoms with Gasteiger partial charge in [0.25, 0.3) is 0 Å². The summed E-state index contributed by atoms with van der Waals surface area (Å²) in [7, 11) is -3.17. The van der Waals surface area contributed by atoms with E-state index in [4.69, 9.17) is 5.73 Å². The van der Waals surface area contributed by atoms with E-state index in [0.29, 0.717) is 18.9 Å². The number of carbonyl (C=O) groups is 1. The summed E-state index contributed by atoms with van der Waals surface area (Å²) >= 11 is 0. The van der Waals surface area contributed by atoms with Crippen molar-refractivity contribution in [2.45, 2.75) is 36.7 Å².